The van der Waals surface area contributed by atoms with Crippen LogP contribution in [0, 0.1) is 11.3 Å². The molecular weight excluding hydrogens is 590 g/mol. The molecule has 0 aromatic carbocycles. The molecule has 0 spiro atoms. The summed E-state index contributed by atoms with van der Waals surface area (Å²) in [6, 6.07) is 8.79. The summed E-state index contributed by atoms with van der Waals surface area (Å²) in [5.74, 6) is -0.177. The molecule has 1 aliphatic carbocycles. The van der Waals surface area contributed by atoms with Crippen LogP contribution in [0.25, 0.3) is 5.82 Å². The monoisotopic (exact) mass is 635 g/mol. The number of carbonyl (C=O) groups is 1. The van der Waals surface area contributed by atoms with Crippen molar-refractivity contribution in [1.29, 1.82) is 0 Å². The Morgan fingerprint density at radius 3 is 2.79 bits per heavy atom. The van der Waals surface area contributed by atoms with Gasteiger partial charge in [0.15, 0.2) is 10.8 Å². The fraction of sp³-hybridized carbons (Fsp3) is 0.533. The first-order valence-corrected chi connectivity index (χ1v) is 16.2. The number of ether oxygens (including phenoxy) is 1. The molecule has 1 amide bonds. The number of rotatable bonds is 14. The third-order valence-corrected chi connectivity index (χ3v) is 9.29. The van der Waals surface area contributed by atoms with Crippen molar-refractivity contribution in [3.8, 4) is 11.7 Å². The van der Waals surface area contributed by atoms with E-state index in [0.29, 0.717) is 43.1 Å². The lowest BCUT2D eigenvalue weighted by atomic mass is 9.94. The van der Waals surface area contributed by atoms with E-state index in [2.05, 4.69) is 32.6 Å². The highest BCUT2D eigenvalue weighted by Crippen LogP contribution is 2.48. The zero-order valence-electron chi connectivity index (χ0n) is 29.9. The van der Waals surface area contributed by atoms with Crippen molar-refractivity contribution in [2.24, 2.45) is 11.3 Å². The second-order valence-corrected chi connectivity index (χ2v) is 13.6. The summed E-state index contributed by atoms with van der Waals surface area (Å²) in [6.45, 7) is -1.92. The lowest BCUT2D eigenvalue weighted by molar-refractivity contribution is 0.0981. The van der Waals surface area contributed by atoms with Crippen LogP contribution in [0.3, 0.4) is 0 Å². The number of amides is 1. The van der Waals surface area contributed by atoms with Crippen molar-refractivity contribution in [2.75, 3.05) is 25.0 Å². The average Bonchev–Trinajstić information content (AvgIpc) is 3.38. The second-order valence-electron chi connectivity index (χ2n) is 11.6. The van der Waals surface area contributed by atoms with Crippen LogP contribution < -0.4 is 20.1 Å². The Morgan fingerprint density at radius 2 is 2.05 bits per heavy atom. The number of halogens is 1. The minimum Gasteiger partial charge on any atom is -0.477 e. The van der Waals surface area contributed by atoms with Gasteiger partial charge in [0, 0.05) is 32.6 Å². The molecule has 1 atom stereocenters. The van der Waals surface area contributed by atoms with Gasteiger partial charge in [0.25, 0.3) is 15.9 Å². The molecule has 4 heterocycles. The van der Waals surface area contributed by atoms with Gasteiger partial charge in [-0.05, 0) is 101 Å². The number of hydrogen-bond acceptors (Lipinski definition) is 9. The molecule has 43 heavy (non-hydrogen) atoms. The van der Waals surface area contributed by atoms with Crippen LogP contribution >= 0.6 is 11.6 Å². The first kappa shape index (κ1) is 24.1. The van der Waals surface area contributed by atoms with Crippen molar-refractivity contribution >= 4 is 33.3 Å². The Kier molecular flexibility index (Phi) is 7.18. The molecule has 0 radical (unpaired) electrons. The molecule has 232 valence electrons. The van der Waals surface area contributed by atoms with E-state index in [9.17, 15) is 13.2 Å². The summed E-state index contributed by atoms with van der Waals surface area (Å²) in [6.07, 6.45) is 7.30. The summed E-state index contributed by atoms with van der Waals surface area (Å²) in [5.41, 5.74) is -1.65. The van der Waals surface area contributed by atoms with E-state index in [1.807, 2.05) is 4.72 Å². The van der Waals surface area contributed by atoms with Crippen LogP contribution in [0.4, 0.5) is 5.82 Å². The fourth-order valence-corrected chi connectivity index (χ4v) is 6.14. The Bertz CT molecular complexity index is 1750. The van der Waals surface area contributed by atoms with Crippen molar-refractivity contribution in [2.45, 2.75) is 76.1 Å². The van der Waals surface area contributed by atoms with E-state index in [-0.39, 0.29) is 35.4 Å². The van der Waals surface area contributed by atoms with Crippen molar-refractivity contribution in [3.05, 3.63) is 53.3 Å². The van der Waals surface area contributed by atoms with E-state index < -0.39 is 40.2 Å². The highest BCUT2D eigenvalue weighted by atomic mass is 35.5. The Labute approximate surface area is 266 Å². The first-order valence-electron chi connectivity index (χ1n) is 17.3. The SMILES string of the molecule is [2H]C([2H])([2H])C1(C([2H])([2H])[2H])C[C@H](CCCNc2cccc(S(=O)(=O)NC(=O)c3ccc(-n4ccc(OCCCC5(C)CC5)n4)nc3Cl)n2)CN1. The van der Waals surface area contributed by atoms with Gasteiger partial charge in [-0.3, -0.25) is 4.79 Å². The van der Waals surface area contributed by atoms with Gasteiger partial charge < -0.3 is 15.4 Å². The minimum absolute atomic E-state index is 0.00724. The smallest absolute Gasteiger partial charge is 0.281 e. The number of pyridine rings is 2. The molecule has 5 rings (SSSR count). The molecule has 2 fully saturated rings. The topological polar surface area (TPSA) is 140 Å². The van der Waals surface area contributed by atoms with Gasteiger partial charge >= 0.3 is 0 Å². The van der Waals surface area contributed by atoms with Crippen LogP contribution in [0.5, 0.6) is 5.88 Å². The second kappa shape index (κ2) is 12.8. The number of sulfonamides is 1. The third-order valence-electron chi connectivity index (χ3n) is 7.76. The first-order chi connectivity index (χ1) is 22.9. The quantitative estimate of drug-likeness (QED) is 0.165. The molecule has 13 heteroatoms. The van der Waals surface area contributed by atoms with Crippen LogP contribution in [0.15, 0.2) is 47.6 Å². The molecule has 3 N–H and O–H groups in total. The maximum Gasteiger partial charge on any atom is 0.281 e. The third kappa shape index (κ3) is 8.45. The maximum atomic E-state index is 13.1. The van der Waals surface area contributed by atoms with Crippen LogP contribution in [0.1, 0.15) is 84.2 Å². The summed E-state index contributed by atoms with van der Waals surface area (Å²) in [5, 5.41) is 9.50. The van der Waals surface area contributed by atoms with Crippen molar-refractivity contribution in [3.63, 3.8) is 0 Å². The van der Waals surface area contributed by atoms with Gasteiger partial charge in [-0.1, -0.05) is 24.6 Å². The minimum atomic E-state index is -4.39. The number of nitrogens with one attached hydrogen (secondary N) is 3. The molecule has 1 saturated carbocycles. The highest BCUT2D eigenvalue weighted by Gasteiger charge is 2.36. The highest BCUT2D eigenvalue weighted by molar-refractivity contribution is 7.90. The number of hydrogen-bond donors (Lipinski definition) is 3. The summed E-state index contributed by atoms with van der Waals surface area (Å²) < 4.78 is 82.0. The molecule has 1 saturated heterocycles. The molecule has 1 aliphatic heterocycles. The molecule has 2 aliphatic rings. The number of anilines is 1. The van der Waals surface area contributed by atoms with E-state index >= 15 is 0 Å². The van der Waals surface area contributed by atoms with Crippen LogP contribution in [0.2, 0.25) is 5.15 Å². The average molecular weight is 636 g/mol. The molecule has 11 nitrogen and oxygen atoms in total. The zero-order valence-corrected chi connectivity index (χ0v) is 25.5. The van der Waals surface area contributed by atoms with Gasteiger partial charge in [-0.25, -0.2) is 19.4 Å². The molecule has 0 unspecified atom stereocenters. The van der Waals surface area contributed by atoms with E-state index in [1.54, 1.807) is 18.3 Å². The number of carbonyl (C=O) groups excluding carboxylic acids is 1. The maximum absolute atomic E-state index is 13.1. The largest absolute Gasteiger partial charge is 0.477 e. The molecular formula is C30H40ClN7O4S. The van der Waals surface area contributed by atoms with Crippen molar-refractivity contribution < 1.29 is 26.2 Å². The van der Waals surface area contributed by atoms with Gasteiger partial charge in [-0.15, -0.1) is 5.10 Å². The van der Waals surface area contributed by atoms with Crippen LogP contribution in [-0.2, 0) is 10.0 Å². The van der Waals surface area contributed by atoms with E-state index in [4.69, 9.17) is 24.6 Å². The van der Waals surface area contributed by atoms with Crippen molar-refractivity contribution in [1.82, 2.24) is 29.8 Å². The lowest BCUT2D eigenvalue weighted by Gasteiger charge is -2.17. The van der Waals surface area contributed by atoms with Gasteiger partial charge in [0.05, 0.1) is 12.2 Å². The fourth-order valence-electron chi connectivity index (χ4n) is 4.97. The predicted molar refractivity (Wildman–Crippen MR) is 165 cm³/mol. The van der Waals surface area contributed by atoms with Gasteiger partial charge in [-0.2, -0.15) is 8.42 Å². The van der Waals surface area contributed by atoms with E-state index in [1.165, 1.54) is 41.8 Å². The predicted octanol–water partition coefficient (Wildman–Crippen LogP) is 4.97. The van der Waals surface area contributed by atoms with Gasteiger partial charge in [0.1, 0.15) is 11.0 Å². The van der Waals surface area contributed by atoms with E-state index in [0.717, 1.165) is 12.8 Å². The molecule has 0 bridgehead atoms. The van der Waals surface area contributed by atoms with Gasteiger partial charge in [0.2, 0.25) is 5.88 Å². The summed E-state index contributed by atoms with van der Waals surface area (Å²) in [7, 11) is -4.39. The van der Waals surface area contributed by atoms with Crippen LogP contribution in [-0.4, -0.2) is 59.3 Å². The number of aromatic nitrogens is 4. The number of nitrogens with zero attached hydrogens (tertiary/aromatic N) is 4. The normalized spacial score (nSPS) is 21.4. The molecule has 3 aromatic rings. The zero-order chi connectivity index (χ0) is 35.7. The molecule has 3 aromatic heterocycles. The lowest BCUT2D eigenvalue weighted by Crippen LogP contribution is -2.31. The Morgan fingerprint density at radius 1 is 1.21 bits per heavy atom. The Balaban J connectivity index is 1.12. The standard InChI is InChI=1S/C30H40ClN7O4S/c1-29(2)19-21(20-33-29)7-5-16-32-23-8-4-9-26(34-23)43(40,41)37-28(39)22-10-11-24(35-27(22)31)38-17-12-25(36-38)42-18-6-13-30(3)14-15-30/h4,8-12,17,21,33H,5-7,13-16,18-20H2,1-3H3,(H,32,34)(H,37,39)/t21-/m0/s1/i1D3,2D3. The summed E-state index contributed by atoms with van der Waals surface area (Å²) in [4.78, 5) is 21.3. The summed E-state index contributed by atoms with van der Waals surface area (Å²) >= 11 is 6.29. The Hall–Kier alpha value is -3.22.